The van der Waals surface area contributed by atoms with E-state index >= 15 is 0 Å². The number of aliphatic hydroxyl groups is 1. The molecule has 146 valence electrons. The van der Waals surface area contributed by atoms with E-state index in [1.807, 2.05) is 13.0 Å². The van der Waals surface area contributed by atoms with E-state index in [1.165, 1.54) is 0 Å². The number of carbonyl (C=O) groups is 2. The van der Waals surface area contributed by atoms with Gasteiger partial charge in [-0.25, -0.2) is 0 Å². The van der Waals surface area contributed by atoms with Crippen LogP contribution in [0.1, 0.15) is 78.1 Å². The number of hydrogen-bond donors (Lipinski definition) is 1. The van der Waals surface area contributed by atoms with Crippen molar-refractivity contribution in [3.05, 3.63) is 11.8 Å². The van der Waals surface area contributed by atoms with Gasteiger partial charge < -0.3 is 19.4 Å². The molecule has 0 saturated heterocycles. The fourth-order valence-corrected chi connectivity index (χ4v) is 2.37. The molecule has 0 aromatic heterocycles. The first-order valence-corrected chi connectivity index (χ1v) is 9.63. The number of aliphatic hydroxyl groups excluding tert-OH is 1. The smallest absolute Gasteiger partial charge is 0.133 e. The molecule has 1 N–H and O–H groups in total. The largest absolute Gasteiger partial charge is 0.496 e. The fraction of sp³-hybridized carbons (Fsp3) is 0.800. The van der Waals surface area contributed by atoms with Gasteiger partial charge >= 0.3 is 0 Å². The zero-order valence-electron chi connectivity index (χ0n) is 16.0. The summed E-state index contributed by atoms with van der Waals surface area (Å²) >= 11 is 0. The predicted octanol–water partition coefficient (Wildman–Crippen LogP) is 3.97. The summed E-state index contributed by atoms with van der Waals surface area (Å²) < 4.78 is 11.2. The summed E-state index contributed by atoms with van der Waals surface area (Å²) in [4.78, 5) is 21.9. The van der Waals surface area contributed by atoms with Crippen LogP contribution in [-0.2, 0) is 19.1 Å². The first kappa shape index (κ1) is 23.8. The van der Waals surface area contributed by atoms with Gasteiger partial charge in [-0.15, -0.1) is 0 Å². The molecule has 0 radical (unpaired) electrons. The minimum absolute atomic E-state index is 0.250. The van der Waals surface area contributed by atoms with E-state index in [0.29, 0.717) is 51.9 Å². The summed E-state index contributed by atoms with van der Waals surface area (Å²) in [5, 5.41) is 9.13. The number of ether oxygens (including phenoxy) is 2. The third-order valence-corrected chi connectivity index (χ3v) is 3.79. The van der Waals surface area contributed by atoms with Crippen LogP contribution in [0.5, 0.6) is 0 Å². The minimum Gasteiger partial charge on any atom is -0.496 e. The van der Waals surface area contributed by atoms with Crippen molar-refractivity contribution in [2.75, 3.05) is 19.8 Å². The third-order valence-electron chi connectivity index (χ3n) is 3.79. The molecular weight excluding hydrogens is 320 g/mol. The summed E-state index contributed by atoms with van der Waals surface area (Å²) in [5.41, 5.74) is 0. The van der Waals surface area contributed by atoms with Gasteiger partial charge in [0.05, 0.1) is 18.5 Å². The molecule has 0 aliphatic carbocycles. The van der Waals surface area contributed by atoms with Gasteiger partial charge in [-0.2, -0.15) is 0 Å². The van der Waals surface area contributed by atoms with E-state index in [4.69, 9.17) is 14.6 Å². The van der Waals surface area contributed by atoms with Crippen molar-refractivity contribution in [2.24, 2.45) is 0 Å². The summed E-state index contributed by atoms with van der Waals surface area (Å²) in [6.45, 7) is 5.54. The molecule has 0 saturated carbocycles. The second kappa shape index (κ2) is 17.6. The Morgan fingerprint density at radius 1 is 1.04 bits per heavy atom. The molecule has 0 bridgehead atoms. The molecule has 0 amide bonds. The molecule has 5 heteroatoms. The maximum Gasteiger partial charge on any atom is 0.133 e. The van der Waals surface area contributed by atoms with E-state index in [9.17, 15) is 9.59 Å². The number of hydrogen-bond acceptors (Lipinski definition) is 5. The Hall–Kier alpha value is -1.20. The lowest BCUT2D eigenvalue weighted by molar-refractivity contribution is -0.119. The number of Topliss-reactive ketones (excluding diaryl/α,β-unsaturated/α-hetero) is 1. The van der Waals surface area contributed by atoms with Crippen molar-refractivity contribution in [1.29, 1.82) is 0 Å². The monoisotopic (exact) mass is 356 g/mol. The molecule has 0 aromatic rings. The van der Waals surface area contributed by atoms with Crippen LogP contribution in [0.15, 0.2) is 11.8 Å². The summed E-state index contributed by atoms with van der Waals surface area (Å²) in [7, 11) is 0. The minimum atomic E-state index is -0.386. The van der Waals surface area contributed by atoms with Gasteiger partial charge in [0, 0.05) is 32.3 Å². The molecule has 25 heavy (non-hydrogen) atoms. The number of ketones is 1. The second-order valence-corrected chi connectivity index (χ2v) is 6.34. The molecule has 0 aliphatic heterocycles. The normalized spacial score (nSPS) is 12.8. The van der Waals surface area contributed by atoms with Crippen molar-refractivity contribution in [3.63, 3.8) is 0 Å². The maximum absolute atomic E-state index is 11.5. The number of allylic oxidation sites excluding steroid dienone is 2. The molecular formula is C20H36O5. The van der Waals surface area contributed by atoms with Crippen LogP contribution < -0.4 is 0 Å². The summed E-state index contributed by atoms with van der Waals surface area (Å²) in [6, 6.07) is 0. The summed E-state index contributed by atoms with van der Waals surface area (Å²) in [6.07, 6.45) is 10.3. The van der Waals surface area contributed by atoms with Crippen molar-refractivity contribution in [1.82, 2.24) is 0 Å². The first-order valence-electron chi connectivity index (χ1n) is 9.63. The van der Waals surface area contributed by atoms with Gasteiger partial charge in [-0.1, -0.05) is 19.8 Å². The van der Waals surface area contributed by atoms with Gasteiger partial charge in [0.15, 0.2) is 0 Å². The Bertz CT molecular complexity index is 363. The molecule has 0 aliphatic rings. The highest BCUT2D eigenvalue weighted by atomic mass is 16.5. The highest BCUT2D eigenvalue weighted by Gasteiger charge is 2.04. The second-order valence-electron chi connectivity index (χ2n) is 6.34. The van der Waals surface area contributed by atoms with Crippen molar-refractivity contribution in [2.45, 2.75) is 84.2 Å². The molecule has 1 atom stereocenters. The van der Waals surface area contributed by atoms with Crippen LogP contribution in [0.25, 0.3) is 0 Å². The highest BCUT2D eigenvalue weighted by molar-refractivity contribution is 5.78. The van der Waals surface area contributed by atoms with Gasteiger partial charge in [0.2, 0.25) is 0 Å². The molecule has 0 fully saturated rings. The Labute approximate surface area is 152 Å². The molecule has 0 spiro atoms. The Balaban J connectivity index is 3.42. The van der Waals surface area contributed by atoms with Crippen LogP contribution >= 0.6 is 0 Å². The topological polar surface area (TPSA) is 72.8 Å². The molecule has 0 rings (SSSR count). The van der Waals surface area contributed by atoms with E-state index in [0.717, 1.165) is 44.1 Å². The lowest BCUT2D eigenvalue weighted by Gasteiger charge is -2.10. The van der Waals surface area contributed by atoms with Gasteiger partial charge in [0.25, 0.3) is 0 Å². The number of unbranched alkanes of at least 4 members (excludes halogenated alkanes) is 3. The quantitative estimate of drug-likeness (QED) is 0.228. The number of rotatable bonds is 18. The maximum atomic E-state index is 11.5. The Kier molecular flexibility index (Phi) is 16.8. The third kappa shape index (κ3) is 17.4. The van der Waals surface area contributed by atoms with E-state index < -0.39 is 0 Å². The Morgan fingerprint density at radius 2 is 1.80 bits per heavy atom. The zero-order valence-corrected chi connectivity index (χ0v) is 16.0. The van der Waals surface area contributed by atoms with Crippen LogP contribution in [-0.4, -0.2) is 43.1 Å². The SMILES string of the molecule is CC/C=C(\CCC=O)OCCOCCCCCCC(=O)CCC(C)O. The molecule has 0 aromatic carbocycles. The number of carbonyl (C=O) groups excluding carboxylic acids is 2. The van der Waals surface area contributed by atoms with Crippen molar-refractivity contribution >= 4 is 12.1 Å². The highest BCUT2D eigenvalue weighted by Crippen LogP contribution is 2.08. The Morgan fingerprint density at radius 3 is 2.48 bits per heavy atom. The lowest BCUT2D eigenvalue weighted by atomic mass is 10.1. The van der Waals surface area contributed by atoms with Crippen LogP contribution in [0.2, 0.25) is 0 Å². The molecule has 1 unspecified atom stereocenters. The van der Waals surface area contributed by atoms with Crippen molar-refractivity contribution < 1.29 is 24.2 Å². The molecule has 5 nitrogen and oxygen atoms in total. The van der Waals surface area contributed by atoms with E-state index in [-0.39, 0.29) is 11.9 Å². The first-order chi connectivity index (χ1) is 12.1. The van der Waals surface area contributed by atoms with Crippen LogP contribution in [0.4, 0.5) is 0 Å². The van der Waals surface area contributed by atoms with Crippen molar-refractivity contribution in [3.8, 4) is 0 Å². The zero-order chi connectivity index (χ0) is 18.8. The molecule has 0 heterocycles. The van der Waals surface area contributed by atoms with Crippen LogP contribution in [0, 0.1) is 0 Å². The number of aldehydes is 1. The summed E-state index contributed by atoms with van der Waals surface area (Å²) in [5.74, 6) is 1.12. The average molecular weight is 357 g/mol. The lowest BCUT2D eigenvalue weighted by Crippen LogP contribution is -2.06. The fourth-order valence-electron chi connectivity index (χ4n) is 2.37. The van der Waals surface area contributed by atoms with E-state index in [2.05, 4.69) is 0 Å². The van der Waals surface area contributed by atoms with Gasteiger partial charge in [0.1, 0.15) is 18.7 Å². The standard InChI is InChI=1S/C20H36O5/c1-3-9-20(11-8-14-21)25-17-16-24-15-7-5-4-6-10-19(23)13-12-18(2)22/h9,14,18,22H,3-8,10-13,15-17H2,1-2H3/b20-9+. The average Bonchev–Trinajstić information content (AvgIpc) is 2.59. The predicted molar refractivity (Wildman–Crippen MR) is 99.4 cm³/mol. The van der Waals surface area contributed by atoms with Crippen LogP contribution in [0.3, 0.4) is 0 Å². The van der Waals surface area contributed by atoms with Gasteiger partial charge in [-0.3, -0.25) is 4.79 Å². The van der Waals surface area contributed by atoms with Gasteiger partial charge in [-0.05, 0) is 38.7 Å². The van der Waals surface area contributed by atoms with E-state index in [1.54, 1.807) is 6.92 Å².